The van der Waals surface area contributed by atoms with Crippen LogP contribution in [0.15, 0.2) is 79.1 Å². The molecular formula is C38H43ClN6O4. The lowest BCUT2D eigenvalue weighted by Gasteiger charge is -2.28. The fourth-order valence-corrected chi connectivity index (χ4v) is 5.97. The van der Waals surface area contributed by atoms with Crippen molar-refractivity contribution in [2.24, 2.45) is 5.73 Å². The number of ether oxygens (including phenoxy) is 1. The van der Waals surface area contributed by atoms with Gasteiger partial charge in [-0.05, 0) is 81.1 Å². The van der Waals surface area contributed by atoms with Gasteiger partial charge < -0.3 is 31.1 Å². The third-order valence-corrected chi connectivity index (χ3v) is 8.36. The van der Waals surface area contributed by atoms with E-state index < -0.39 is 11.5 Å². The Labute approximate surface area is 291 Å². The van der Waals surface area contributed by atoms with Gasteiger partial charge in [0.15, 0.2) is 0 Å². The lowest BCUT2D eigenvalue weighted by molar-refractivity contribution is 0.0230. The number of halogens is 1. The van der Waals surface area contributed by atoms with Gasteiger partial charge in [0.2, 0.25) is 5.91 Å². The number of pyridine rings is 2. The quantitative estimate of drug-likeness (QED) is 0.0731. The van der Waals surface area contributed by atoms with Crippen molar-refractivity contribution in [3.8, 4) is 11.1 Å². The number of fused-ring (bicyclic) bond motifs is 3. The normalized spacial score (nSPS) is 11.5. The second-order valence-corrected chi connectivity index (χ2v) is 13.3. The highest BCUT2D eigenvalue weighted by Crippen LogP contribution is 2.32. The van der Waals surface area contributed by atoms with Crippen molar-refractivity contribution < 1.29 is 19.4 Å². The Balaban J connectivity index is 1.15. The summed E-state index contributed by atoms with van der Waals surface area (Å²) in [6.45, 7) is 8.48. The lowest BCUT2D eigenvalue weighted by Crippen LogP contribution is -2.37. The van der Waals surface area contributed by atoms with Gasteiger partial charge in [0.25, 0.3) is 0 Å². The first-order valence-electron chi connectivity index (χ1n) is 16.4. The van der Waals surface area contributed by atoms with Gasteiger partial charge >= 0.3 is 6.09 Å². The molecule has 0 unspecified atom stereocenters. The van der Waals surface area contributed by atoms with Crippen molar-refractivity contribution in [3.63, 3.8) is 0 Å². The molecule has 5 rings (SSSR count). The predicted octanol–water partition coefficient (Wildman–Crippen LogP) is 6.91. The zero-order valence-corrected chi connectivity index (χ0v) is 28.9. The highest BCUT2D eigenvalue weighted by Gasteiger charge is 2.22. The molecule has 5 aromatic rings. The summed E-state index contributed by atoms with van der Waals surface area (Å²) in [6.07, 6.45) is 4.80. The zero-order chi connectivity index (χ0) is 35.0. The van der Waals surface area contributed by atoms with Crippen LogP contribution in [0.2, 0.25) is 5.02 Å². The molecule has 0 radical (unpaired) electrons. The Morgan fingerprint density at radius 3 is 2.51 bits per heavy atom. The average Bonchev–Trinajstić information content (AvgIpc) is 3.07. The van der Waals surface area contributed by atoms with Gasteiger partial charge in [0.1, 0.15) is 11.4 Å². The van der Waals surface area contributed by atoms with Crippen LogP contribution in [-0.4, -0.2) is 63.8 Å². The van der Waals surface area contributed by atoms with Crippen molar-refractivity contribution in [2.75, 3.05) is 31.5 Å². The van der Waals surface area contributed by atoms with E-state index in [9.17, 15) is 14.7 Å². The Bertz CT molecular complexity index is 1940. The zero-order valence-electron chi connectivity index (χ0n) is 28.1. The van der Waals surface area contributed by atoms with Gasteiger partial charge in [-0.2, -0.15) is 0 Å². The van der Waals surface area contributed by atoms with Gasteiger partial charge in [0.05, 0.1) is 12.1 Å². The van der Waals surface area contributed by atoms with Crippen LogP contribution in [-0.2, 0) is 17.9 Å². The molecule has 10 nitrogen and oxygen atoms in total. The van der Waals surface area contributed by atoms with E-state index in [0.29, 0.717) is 48.1 Å². The van der Waals surface area contributed by atoms with Crippen LogP contribution < -0.4 is 16.4 Å². The van der Waals surface area contributed by atoms with Crippen LogP contribution in [0.1, 0.15) is 55.1 Å². The van der Waals surface area contributed by atoms with Crippen molar-refractivity contribution in [2.45, 2.75) is 52.4 Å². The molecule has 2 amide bonds. The SMILES string of the molecule is CC(C)(C)OC(=O)N(CCCCNCCNc1nc2cc(C(N)=O)ccc2c2cnccc12)Cc1ccc(-c2ccccc2CO)c(Cl)c1. The van der Waals surface area contributed by atoms with Crippen LogP contribution in [0.25, 0.3) is 32.8 Å². The molecule has 0 fully saturated rings. The van der Waals surface area contributed by atoms with E-state index in [-0.39, 0.29) is 12.7 Å². The Morgan fingerprint density at radius 2 is 1.76 bits per heavy atom. The summed E-state index contributed by atoms with van der Waals surface area (Å²) in [6, 6.07) is 20.6. The van der Waals surface area contributed by atoms with Crippen LogP contribution in [0, 0.1) is 0 Å². The van der Waals surface area contributed by atoms with E-state index in [1.807, 2.05) is 75.4 Å². The van der Waals surface area contributed by atoms with Gasteiger partial charge in [-0.25, -0.2) is 9.78 Å². The van der Waals surface area contributed by atoms with Gasteiger partial charge in [-0.3, -0.25) is 9.78 Å². The molecule has 0 bridgehead atoms. The molecule has 0 saturated heterocycles. The minimum absolute atomic E-state index is 0.0802. The smallest absolute Gasteiger partial charge is 0.410 e. The number of carbonyl (C=O) groups excluding carboxylic acids is 2. The molecule has 256 valence electrons. The summed E-state index contributed by atoms with van der Waals surface area (Å²) in [7, 11) is 0. The molecule has 0 aliphatic heterocycles. The van der Waals surface area contributed by atoms with Crippen molar-refractivity contribution in [1.82, 2.24) is 20.2 Å². The molecule has 0 saturated carbocycles. The first-order valence-corrected chi connectivity index (χ1v) is 16.8. The summed E-state index contributed by atoms with van der Waals surface area (Å²) < 4.78 is 5.72. The number of benzene rings is 3. The Hall–Kier alpha value is -4.77. The number of primary amides is 1. The number of anilines is 1. The third kappa shape index (κ3) is 9.23. The fraction of sp³-hybridized carbons (Fsp3) is 0.316. The Morgan fingerprint density at radius 1 is 0.939 bits per heavy atom. The largest absolute Gasteiger partial charge is 0.444 e. The molecule has 49 heavy (non-hydrogen) atoms. The van der Waals surface area contributed by atoms with Crippen LogP contribution in [0.3, 0.4) is 0 Å². The highest BCUT2D eigenvalue weighted by molar-refractivity contribution is 6.33. The second kappa shape index (κ2) is 16.1. The second-order valence-electron chi connectivity index (χ2n) is 12.9. The Kier molecular flexibility index (Phi) is 11.7. The van der Waals surface area contributed by atoms with Gasteiger partial charge in [-0.15, -0.1) is 0 Å². The number of amides is 2. The number of unbranched alkanes of at least 4 members (excludes halogenated alkanes) is 1. The van der Waals surface area contributed by atoms with Crippen LogP contribution in [0.5, 0.6) is 0 Å². The monoisotopic (exact) mass is 682 g/mol. The molecule has 11 heteroatoms. The minimum Gasteiger partial charge on any atom is -0.444 e. The number of aliphatic hydroxyl groups is 1. The molecule has 0 aliphatic carbocycles. The maximum Gasteiger partial charge on any atom is 0.410 e. The molecule has 2 aromatic heterocycles. The molecule has 0 spiro atoms. The number of hydrogen-bond acceptors (Lipinski definition) is 8. The number of rotatable bonds is 14. The summed E-state index contributed by atoms with van der Waals surface area (Å²) in [5, 5.41) is 20.0. The summed E-state index contributed by atoms with van der Waals surface area (Å²) in [5.74, 6) is 0.217. The number of nitrogens with one attached hydrogen (secondary N) is 2. The first kappa shape index (κ1) is 35.5. The predicted molar refractivity (Wildman–Crippen MR) is 196 cm³/mol. The summed E-state index contributed by atoms with van der Waals surface area (Å²) >= 11 is 6.71. The maximum atomic E-state index is 13.2. The van der Waals surface area contributed by atoms with E-state index in [2.05, 4.69) is 15.6 Å². The van der Waals surface area contributed by atoms with Crippen LogP contribution >= 0.6 is 11.6 Å². The van der Waals surface area contributed by atoms with Gasteiger partial charge in [-0.1, -0.05) is 54.1 Å². The number of aromatic nitrogens is 2. The van der Waals surface area contributed by atoms with E-state index in [1.165, 1.54) is 0 Å². The van der Waals surface area contributed by atoms with E-state index >= 15 is 0 Å². The number of nitrogens with zero attached hydrogens (tertiary/aromatic N) is 3. The van der Waals surface area contributed by atoms with E-state index in [0.717, 1.165) is 57.8 Å². The standard InChI is InChI=1S/C38H43ClN6O4/c1-38(2,3)49-37(48)45(23-25-10-12-29(33(39)20-25)28-9-5-4-8-27(28)24-46)19-7-6-15-41-17-18-43-36-31-14-16-42-22-32(31)30-13-11-26(35(40)47)21-34(30)44-36/h4-5,8-14,16,20-22,41,46H,6-7,15,17-19,23-24H2,1-3H3,(H2,40,47)(H,43,44). The molecule has 5 N–H and O–H groups in total. The summed E-state index contributed by atoms with van der Waals surface area (Å²) in [4.78, 5) is 35.7. The average molecular weight is 683 g/mol. The topological polar surface area (TPSA) is 143 Å². The maximum absolute atomic E-state index is 13.2. The first-order chi connectivity index (χ1) is 23.5. The van der Waals surface area contributed by atoms with Gasteiger partial charge in [0, 0.05) is 70.9 Å². The lowest BCUT2D eigenvalue weighted by atomic mass is 9.99. The number of nitrogens with two attached hydrogens (primary N) is 1. The highest BCUT2D eigenvalue weighted by atomic mass is 35.5. The van der Waals surface area contributed by atoms with Crippen molar-refractivity contribution >= 4 is 51.1 Å². The fourth-order valence-electron chi connectivity index (χ4n) is 5.66. The van der Waals surface area contributed by atoms with E-state index in [4.69, 9.17) is 27.1 Å². The molecule has 0 aliphatic rings. The molecule has 0 atom stereocenters. The minimum atomic E-state index is -0.620. The van der Waals surface area contributed by atoms with E-state index in [1.54, 1.807) is 29.4 Å². The summed E-state index contributed by atoms with van der Waals surface area (Å²) in [5.41, 5.74) is 9.35. The number of hydrogen-bond donors (Lipinski definition) is 4. The molecule has 3 aromatic carbocycles. The van der Waals surface area contributed by atoms with Crippen molar-refractivity contribution in [3.05, 3.63) is 101 Å². The van der Waals surface area contributed by atoms with Crippen molar-refractivity contribution in [1.29, 1.82) is 0 Å². The number of carbonyl (C=O) groups is 2. The molecule has 2 heterocycles. The number of aliphatic hydroxyl groups excluding tert-OH is 1. The molecular weight excluding hydrogens is 640 g/mol. The third-order valence-electron chi connectivity index (χ3n) is 8.04. The van der Waals surface area contributed by atoms with Crippen LogP contribution in [0.4, 0.5) is 10.6 Å².